The number of benzene rings is 1. The van der Waals surface area contributed by atoms with E-state index in [0.29, 0.717) is 5.82 Å². The third kappa shape index (κ3) is 3.13. The van der Waals surface area contributed by atoms with Crippen LogP contribution in [-0.4, -0.2) is 35.9 Å². The van der Waals surface area contributed by atoms with Gasteiger partial charge in [-0.3, -0.25) is 0 Å². The number of hydrogen-bond acceptors (Lipinski definition) is 5. The van der Waals surface area contributed by atoms with Gasteiger partial charge in [0.05, 0.1) is 5.69 Å². The minimum absolute atomic E-state index is 0.246. The van der Waals surface area contributed by atoms with Crippen molar-refractivity contribution in [3.8, 4) is 11.4 Å². The summed E-state index contributed by atoms with van der Waals surface area (Å²) in [5.74, 6) is 2.82. The highest BCUT2D eigenvalue weighted by Crippen LogP contribution is 2.46. The Hall–Kier alpha value is -2.93. The maximum absolute atomic E-state index is 4.71. The maximum atomic E-state index is 4.71. The van der Waals surface area contributed by atoms with Crippen LogP contribution in [0.5, 0.6) is 0 Å². The molecule has 0 radical (unpaired) electrons. The number of aromatic nitrogens is 6. The molecule has 152 valence electrons. The van der Waals surface area contributed by atoms with Gasteiger partial charge in [0.25, 0.3) is 0 Å². The molecule has 0 bridgehead atoms. The van der Waals surface area contributed by atoms with Crippen molar-refractivity contribution in [2.75, 3.05) is 5.75 Å². The van der Waals surface area contributed by atoms with Crippen molar-refractivity contribution in [2.45, 2.75) is 39.0 Å². The van der Waals surface area contributed by atoms with Crippen LogP contribution in [0.1, 0.15) is 37.4 Å². The van der Waals surface area contributed by atoms with Crippen molar-refractivity contribution in [1.82, 2.24) is 30.2 Å². The topological polar surface area (TPSA) is 72.3 Å². The fourth-order valence-corrected chi connectivity index (χ4v) is 5.54. The van der Waals surface area contributed by atoms with Gasteiger partial charge in [-0.25, -0.2) is 4.98 Å². The van der Waals surface area contributed by atoms with Crippen molar-refractivity contribution in [1.29, 1.82) is 0 Å². The summed E-state index contributed by atoms with van der Waals surface area (Å²) in [6, 6.07) is 8.31. The lowest BCUT2D eigenvalue weighted by Crippen LogP contribution is -2.22. The molecular weight excluding hydrogens is 392 g/mol. The zero-order chi connectivity index (χ0) is 20.7. The first-order chi connectivity index (χ1) is 14.6. The Balaban J connectivity index is 1.62. The largest absolute Gasteiger partial charge is 0.307 e. The van der Waals surface area contributed by atoms with Crippen molar-refractivity contribution >= 4 is 17.5 Å². The zero-order valence-corrected chi connectivity index (χ0v) is 18.2. The van der Waals surface area contributed by atoms with Gasteiger partial charge in [0.15, 0.2) is 0 Å². The predicted octanol–water partition coefficient (Wildman–Crippen LogP) is 4.69. The Morgan fingerprint density at radius 3 is 2.93 bits per heavy atom. The number of nitrogens with one attached hydrogen (secondary N) is 1. The molecular formula is C23H24N6S. The Bertz CT molecular complexity index is 1180. The first-order valence-corrected chi connectivity index (χ1v) is 11.2. The van der Waals surface area contributed by atoms with Gasteiger partial charge in [-0.2, -0.15) is 5.21 Å². The quantitative estimate of drug-likeness (QED) is 0.668. The predicted molar refractivity (Wildman–Crippen MR) is 121 cm³/mol. The molecule has 1 atom stereocenters. The molecule has 1 aliphatic carbocycles. The van der Waals surface area contributed by atoms with Crippen LogP contribution in [0.4, 0.5) is 0 Å². The lowest BCUT2D eigenvalue weighted by molar-refractivity contribution is 0.748. The number of aryl methyl sites for hydroxylation is 2. The monoisotopic (exact) mass is 416 g/mol. The molecule has 7 heteroatoms. The fourth-order valence-electron chi connectivity index (χ4n) is 4.36. The molecule has 1 aromatic carbocycles. The molecule has 0 spiro atoms. The fraction of sp³-hybridized carbons (Fsp3) is 0.304. The van der Waals surface area contributed by atoms with Crippen LogP contribution in [-0.2, 0) is 11.8 Å². The van der Waals surface area contributed by atoms with Crippen LogP contribution >= 0.6 is 11.8 Å². The number of allylic oxidation sites excluding steroid dienone is 5. The molecule has 0 amide bonds. The minimum atomic E-state index is -0.246. The summed E-state index contributed by atoms with van der Waals surface area (Å²) in [5.41, 5.74) is 5.67. The third-order valence-electron chi connectivity index (χ3n) is 5.80. The summed E-state index contributed by atoms with van der Waals surface area (Å²) in [7, 11) is 0. The molecule has 1 unspecified atom stereocenters. The number of aromatic amines is 1. The standard InChI is InChI=1S/C23H24N6S/c1-4-21-24-15(2)14-29(21)19-10-12-30-20-13-23(3,11-9-17(19)20)18-8-6-5-7-16(18)22-25-27-28-26-22/h5-9,11,13-14H,4,10,12H2,1-3H3,(H,25,26,27,28). The van der Waals surface area contributed by atoms with Gasteiger partial charge in [0.1, 0.15) is 5.82 Å². The highest BCUT2D eigenvalue weighted by molar-refractivity contribution is 8.03. The number of hydrogen-bond donors (Lipinski definition) is 1. The average molecular weight is 417 g/mol. The summed E-state index contributed by atoms with van der Waals surface area (Å²) < 4.78 is 2.30. The van der Waals surface area contributed by atoms with Crippen LogP contribution < -0.4 is 0 Å². The van der Waals surface area contributed by atoms with E-state index < -0.39 is 0 Å². The molecule has 2 aliphatic rings. The van der Waals surface area contributed by atoms with Gasteiger partial charge in [-0.15, -0.1) is 22.0 Å². The average Bonchev–Trinajstić information content (AvgIpc) is 3.43. The Morgan fingerprint density at radius 1 is 1.27 bits per heavy atom. The SMILES string of the molecule is CCc1nc(C)cn1C1=C2C=CC(C)(c3ccccc3-c3nn[nH]n3)C=C2SCC1. The lowest BCUT2D eigenvalue weighted by atomic mass is 9.76. The van der Waals surface area contributed by atoms with E-state index in [-0.39, 0.29) is 5.41 Å². The molecule has 0 saturated carbocycles. The minimum Gasteiger partial charge on any atom is -0.307 e. The second-order valence-electron chi connectivity index (χ2n) is 7.89. The van der Waals surface area contributed by atoms with Crippen molar-refractivity contribution < 1.29 is 0 Å². The molecule has 30 heavy (non-hydrogen) atoms. The molecule has 0 fully saturated rings. The van der Waals surface area contributed by atoms with Crippen LogP contribution in [0.15, 0.2) is 59.2 Å². The van der Waals surface area contributed by atoms with Crippen molar-refractivity contribution in [3.05, 3.63) is 76.3 Å². The highest BCUT2D eigenvalue weighted by atomic mass is 32.2. The van der Waals surface area contributed by atoms with E-state index in [9.17, 15) is 0 Å². The molecule has 3 aromatic rings. The van der Waals surface area contributed by atoms with Crippen molar-refractivity contribution in [2.24, 2.45) is 0 Å². The molecule has 1 N–H and O–H groups in total. The number of rotatable bonds is 4. The number of imidazole rings is 1. The molecule has 0 saturated heterocycles. The second-order valence-corrected chi connectivity index (χ2v) is 9.02. The van der Waals surface area contributed by atoms with Crippen LogP contribution in [0.25, 0.3) is 17.1 Å². The summed E-state index contributed by atoms with van der Waals surface area (Å²) in [4.78, 5) is 6.04. The molecule has 6 nitrogen and oxygen atoms in total. The van der Waals surface area contributed by atoms with Gasteiger partial charge >= 0.3 is 0 Å². The Morgan fingerprint density at radius 2 is 2.13 bits per heavy atom. The van der Waals surface area contributed by atoms with Gasteiger partial charge in [-0.05, 0) is 31.0 Å². The Labute approximate surface area is 180 Å². The summed E-state index contributed by atoms with van der Waals surface area (Å²) in [5, 5.41) is 14.7. The van der Waals surface area contributed by atoms with E-state index in [2.05, 4.69) is 88.6 Å². The summed E-state index contributed by atoms with van der Waals surface area (Å²) >= 11 is 1.93. The van der Waals surface area contributed by atoms with Crippen molar-refractivity contribution in [3.63, 3.8) is 0 Å². The van der Waals surface area contributed by atoms with E-state index in [0.717, 1.165) is 35.7 Å². The van der Waals surface area contributed by atoms with E-state index in [1.807, 2.05) is 17.8 Å². The number of H-pyrrole nitrogens is 1. The second kappa shape index (κ2) is 7.40. The summed E-state index contributed by atoms with van der Waals surface area (Å²) in [6.45, 7) is 6.48. The van der Waals surface area contributed by atoms with E-state index >= 15 is 0 Å². The lowest BCUT2D eigenvalue weighted by Gasteiger charge is -2.33. The smallest absolute Gasteiger partial charge is 0.204 e. The number of thioether (sulfide) groups is 1. The zero-order valence-electron chi connectivity index (χ0n) is 17.4. The van der Waals surface area contributed by atoms with Crippen LogP contribution in [0.3, 0.4) is 0 Å². The first kappa shape index (κ1) is 19.1. The van der Waals surface area contributed by atoms with Gasteiger partial charge in [0.2, 0.25) is 5.82 Å². The van der Waals surface area contributed by atoms with Gasteiger partial charge < -0.3 is 4.57 Å². The van der Waals surface area contributed by atoms with E-state index in [1.54, 1.807) is 0 Å². The summed E-state index contributed by atoms with van der Waals surface area (Å²) in [6.07, 6.45) is 11.1. The van der Waals surface area contributed by atoms with E-state index in [4.69, 9.17) is 4.98 Å². The first-order valence-electron chi connectivity index (χ1n) is 10.3. The molecule has 5 rings (SSSR count). The van der Waals surface area contributed by atoms with Gasteiger partial charge in [0, 0.05) is 45.5 Å². The number of tetrazole rings is 1. The van der Waals surface area contributed by atoms with E-state index in [1.165, 1.54) is 21.7 Å². The highest BCUT2D eigenvalue weighted by Gasteiger charge is 2.32. The maximum Gasteiger partial charge on any atom is 0.204 e. The molecule has 3 heterocycles. The Kier molecular flexibility index (Phi) is 4.70. The normalized spacial score (nSPS) is 21.0. The van der Waals surface area contributed by atoms with Crippen LogP contribution in [0, 0.1) is 6.92 Å². The number of fused-ring (bicyclic) bond motifs is 1. The number of nitrogens with zero attached hydrogens (tertiary/aromatic N) is 5. The molecule has 2 aromatic heterocycles. The van der Waals surface area contributed by atoms with Gasteiger partial charge in [-0.1, -0.05) is 49.4 Å². The third-order valence-corrected chi connectivity index (χ3v) is 6.86. The van der Waals surface area contributed by atoms with Crippen LogP contribution in [0.2, 0.25) is 0 Å². The molecule has 1 aliphatic heterocycles.